The molecule has 2 aromatic carbocycles. The van der Waals surface area contributed by atoms with Crippen molar-refractivity contribution in [3.05, 3.63) is 59.7 Å². The van der Waals surface area contributed by atoms with Crippen molar-refractivity contribution in [2.24, 2.45) is 23.2 Å². The number of rotatable bonds is 5. The Morgan fingerprint density at radius 2 is 1.78 bits per heavy atom. The number of fused-ring (bicyclic) bond motifs is 4. The third-order valence-electron chi connectivity index (χ3n) is 9.13. The summed E-state index contributed by atoms with van der Waals surface area (Å²) in [6.07, 6.45) is 0.863. The van der Waals surface area contributed by atoms with Crippen molar-refractivity contribution >= 4 is 17.7 Å². The average molecular weight is 499 g/mol. The summed E-state index contributed by atoms with van der Waals surface area (Å²) in [5.41, 5.74) is 0.617. The van der Waals surface area contributed by atoms with Crippen molar-refractivity contribution in [2.45, 2.75) is 44.4 Å². The molecule has 0 aromatic heterocycles. The second-order valence-electron chi connectivity index (χ2n) is 11.4. The van der Waals surface area contributed by atoms with E-state index in [0.29, 0.717) is 30.6 Å². The zero-order valence-corrected chi connectivity index (χ0v) is 20.9. The Morgan fingerprint density at radius 1 is 1.16 bits per heavy atom. The molecule has 37 heavy (non-hydrogen) atoms. The summed E-state index contributed by atoms with van der Waals surface area (Å²) in [5, 5.41) is 27.4. The fraction of sp³-hybridized carbons (Fsp3) is 0.448. The Morgan fingerprint density at radius 3 is 2.35 bits per heavy atom. The fourth-order valence-corrected chi connectivity index (χ4v) is 7.00. The molecule has 190 valence electrons. The van der Waals surface area contributed by atoms with Crippen molar-refractivity contribution in [3.8, 4) is 17.2 Å². The third kappa shape index (κ3) is 3.33. The van der Waals surface area contributed by atoms with Crippen LogP contribution >= 0.6 is 0 Å². The molecule has 8 nitrogen and oxygen atoms in total. The number of benzene rings is 2. The summed E-state index contributed by atoms with van der Waals surface area (Å²) in [7, 11) is 0. The lowest BCUT2D eigenvalue weighted by Crippen LogP contribution is -2.56. The maximum absolute atomic E-state index is 14.2. The molecule has 2 saturated heterocycles. The van der Waals surface area contributed by atoms with Gasteiger partial charge in [-0.3, -0.25) is 14.4 Å². The Labute approximate surface area is 215 Å². The maximum Gasteiger partial charge on any atom is 0.264 e. The first-order valence-corrected chi connectivity index (χ1v) is 12.9. The highest BCUT2D eigenvalue weighted by Crippen LogP contribution is 2.65. The standard InChI is InChI=1S/C29H30N4O4/c1-28(2)22-15-33(24(23(22)28)26(35)32-17(14-30)13-16-11-12-31-25(16)34)27(36)29(37)20-9-5-3-7-18(20)19-8-4-6-10-21(19)29/h3-10,16-17,22-24,37H,11-13,15H2,1-2H3,(H,31,34)(H,32,35)/t16-,17+,22-,23-,24+/m1/s1. The van der Waals surface area contributed by atoms with Gasteiger partial charge in [0.2, 0.25) is 11.8 Å². The topological polar surface area (TPSA) is 123 Å². The number of hydrogen-bond acceptors (Lipinski definition) is 5. The van der Waals surface area contributed by atoms with E-state index in [9.17, 15) is 24.8 Å². The lowest BCUT2D eigenvalue weighted by atomic mass is 9.88. The van der Waals surface area contributed by atoms with Crippen molar-refractivity contribution in [1.29, 1.82) is 5.26 Å². The number of likely N-dealkylation sites (tertiary alicyclic amines) is 1. The molecule has 8 heteroatoms. The van der Waals surface area contributed by atoms with Gasteiger partial charge in [-0.2, -0.15) is 5.26 Å². The zero-order valence-electron chi connectivity index (χ0n) is 20.9. The lowest BCUT2D eigenvalue weighted by Gasteiger charge is -2.36. The van der Waals surface area contributed by atoms with Crippen LogP contribution < -0.4 is 10.6 Å². The van der Waals surface area contributed by atoms with Gasteiger partial charge in [0.25, 0.3) is 5.91 Å². The third-order valence-corrected chi connectivity index (χ3v) is 9.13. The molecule has 3 N–H and O–H groups in total. The monoisotopic (exact) mass is 498 g/mol. The fourth-order valence-electron chi connectivity index (χ4n) is 7.00. The van der Waals surface area contributed by atoms with Gasteiger partial charge in [0.1, 0.15) is 12.1 Å². The molecule has 3 amide bonds. The SMILES string of the molecule is CC1(C)[C@H]2[C@@H](C(=O)N[C@H](C#N)C[C@H]3CCNC3=O)N(C(=O)C3(O)c4ccccc4-c4ccccc43)C[C@H]21. The summed E-state index contributed by atoms with van der Waals surface area (Å²) in [5.74, 6) is -1.28. The number of hydrogen-bond donors (Lipinski definition) is 3. The van der Waals surface area contributed by atoms with Crippen molar-refractivity contribution < 1.29 is 19.5 Å². The Bertz CT molecular complexity index is 1320. The van der Waals surface area contributed by atoms with Gasteiger partial charge in [0.05, 0.1) is 6.07 Å². The van der Waals surface area contributed by atoms with E-state index in [1.807, 2.05) is 24.3 Å². The summed E-state index contributed by atoms with van der Waals surface area (Å²) in [6, 6.07) is 15.2. The summed E-state index contributed by atoms with van der Waals surface area (Å²) in [4.78, 5) is 41.5. The van der Waals surface area contributed by atoms with Crippen molar-refractivity contribution in [1.82, 2.24) is 15.5 Å². The first kappa shape index (κ1) is 23.7. The van der Waals surface area contributed by atoms with Crippen molar-refractivity contribution in [3.63, 3.8) is 0 Å². The quantitative estimate of drug-likeness (QED) is 0.581. The first-order valence-electron chi connectivity index (χ1n) is 12.9. The van der Waals surface area contributed by atoms with Crippen LogP contribution in [0.1, 0.15) is 37.8 Å². The average Bonchev–Trinajstić information content (AvgIpc) is 3.32. The molecular weight excluding hydrogens is 468 g/mol. The van der Waals surface area contributed by atoms with Crippen LogP contribution in [0.5, 0.6) is 0 Å². The maximum atomic E-state index is 14.2. The number of amides is 3. The van der Waals surface area contributed by atoms with Crippen LogP contribution in [0.15, 0.2) is 48.5 Å². The van der Waals surface area contributed by atoms with Gasteiger partial charge in [0.15, 0.2) is 5.60 Å². The van der Waals surface area contributed by atoms with Crippen LogP contribution in [0.3, 0.4) is 0 Å². The van der Waals surface area contributed by atoms with E-state index in [-0.39, 0.29) is 35.5 Å². The number of aliphatic hydroxyl groups is 1. The molecule has 5 atom stereocenters. The van der Waals surface area contributed by atoms with Crippen LogP contribution in [-0.2, 0) is 20.0 Å². The number of carbonyl (C=O) groups is 3. The number of nitriles is 1. The molecule has 2 aromatic rings. The molecular formula is C29H30N4O4. The minimum Gasteiger partial charge on any atom is -0.372 e. The first-order chi connectivity index (χ1) is 17.7. The van der Waals surface area contributed by atoms with Crippen LogP contribution in [0, 0.1) is 34.5 Å². The zero-order chi connectivity index (χ0) is 26.1. The Balaban J connectivity index is 1.31. The number of nitrogens with zero attached hydrogens (tertiary/aromatic N) is 2. The molecule has 6 rings (SSSR count). The lowest BCUT2D eigenvalue weighted by molar-refractivity contribution is -0.153. The van der Waals surface area contributed by atoms with Crippen LogP contribution in [0.4, 0.5) is 0 Å². The number of nitrogens with one attached hydrogen (secondary N) is 2. The molecule has 1 saturated carbocycles. The van der Waals surface area contributed by atoms with Gasteiger partial charge in [-0.05, 0) is 41.2 Å². The highest BCUT2D eigenvalue weighted by atomic mass is 16.3. The molecule has 0 radical (unpaired) electrons. The molecule has 2 aliphatic heterocycles. The van der Waals surface area contributed by atoms with Gasteiger partial charge < -0.3 is 20.6 Å². The molecule has 2 heterocycles. The molecule has 2 aliphatic carbocycles. The minimum atomic E-state index is -1.90. The van der Waals surface area contributed by atoms with E-state index in [1.165, 1.54) is 4.90 Å². The van der Waals surface area contributed by atoms with E-state index < -0.39 is 29.5 Å². The highest BCUT2D eigenvalue weighted by molar-refractivity contribution is 6.01. The number of piperidine rings is 1. The van der Waals surface area contributed by atoms with Crippen LogP contribution in [0.25, 0.3) is 11.1 Å². The summed E-state index contributed by atoms with van der Waals surface area (Å²) < 4.78 is 0. The molecule has 0 unspecified atom stereocenters. The molecule has 0 bridgehead atoms. The Kier molecular flexibility index (Phi) is 5.22. The van der Waals surface area contributed by atoms with Crippen molar-refractivity contribution in [2.75, 3.05) is 13.1 Å². The van der Waals surface area contributed by atoms with E-state index in [4.69, 9.17) is 0 Å². The summed E-state index contributed by atoms with van der Waals surface area (Å²) in [6.45, 7) is 5.11. The van der Waals surface area contributed by atoms with E-state index in [1.54, 1.807) is 24.3 Å². The van der Waals surface area contributed by atoms with Gasteiger partial charge in [-0.15, -0.1) is 0 Å². The second kappa shape index (κ2) is 8.15. The predicted octanol–water partition coefficient (Wildman–Crippen LogP) is 1.92. The van der Waals surface area contributed by atoms with Gasteiger partial charge in [0, 0.05) is 30.1 Å². The van der Waals surface area contributed by atoms with E-state index in [0.717, 1.165) is 11.1 Å². The van der Waals surface area contributed by atoms with Crippen LogP contribution in [-0.4, -0.2) is 52.9 Å². The highest BCUT2D eigenvalue weighted by Gasteiger charge is 2.70. The van der Waals surface area contributed by atoms with E-state index in [2.05, 4.69) is 30.6 Å². The minimum absolute atomic E-state index is 0.0685. The van der Waals surface area contributed by atoms with Gasteiger partial charge >= 0.3 is 0 Å². The van der Waals surface area contributed by atoms with Crippen LogP contribution in [0.2, 0.25) is 0 Å². The largest absolute Gasteiger partial charge is 0.372 e. The molecule has 0 spiro atoms. The van der Waals surface area contributed by atoms with E-state index >= 15 is 0 Å². The van der Waals surface area contributed by atoms with Gasteiger partial charge in [-0.1, -0.05) is 62.4 Å². The molecule has 4 aliphatic rings. The second-order valence-corrected chi connectivity index (χ2v) is 11.4. The normalized spacial score (nSPS) is 28.4. The number of carbonyl (C=O) groups excluding carboxylic acids is 3. The summed E-state index contributed by atoms with van der Waals surface area (Å²) >= 11 is 0. The predicted molar refractivity (Wildman–Crippen MR) is 134 cm³/mol. The molecule has 3 fully saturated rings. The Hall–Kier alpha value is -3.70. The van der Waals surface area contributed by atoms with Gasteiger partial charge in [-0.25, -0.2) is 0 Å². The smallest absolute Gasteiger partial charge is 0.264 e.